The molecule has 0 radical (unpaired) electrons. The molecule has 2 unspecified atom stereocenters. The molecule has 0 bridgehead atoms. The van der Waals surface area contributed by atoms with E-state index in [4.69, 9.17) is 0 Å². The first-order valence-corrected chi connectivity index (χ1v) is 5.35. The molecule has 0 saturated carbocycles. The molecule has 0 amide bonds. The van der Waals surface area contributed by atoms with Crippen LogP contribution >= 0.6 is 18.5 Å². The number of unbranched alkanes of at least 4 members (excludes halogenated alkanes) is 1. The van der Waals surface area contributed by atoms with E-state index in [0.29, 0.717) is 4.90 Å². The van der Waals surface area contributed by atoms with E-state index in [0.717, 1.165) is 0 Å². The van der Waals surface area contributed by atoms with E-state index in [9.17, 15) is 0 Å². The Kier molecular flexibility index (Phi) is 5.98. The molecule has 62 valence electrons. The van der Waals surface area contributed by atoms with Crippen molar-refractivity contribution in [1.29, 1.82) is 0 Å². The van der Waals surface area contributed by atoms with E-state index in [1.165, 1.54) is 32.1 Å². The van der Waals surface area contributed by atoms with Gasteiger partial charge in [-0.05, 0) is 17.7 Å². The Hall–Kier alpha value is 0.860. The van der Waals surface area contributed by atoms with Gasteiger partial charge in [0.1, 0.15) is 0 Å². The molecule has 0 spiro atoms. The fraction of sp³-hybridized carbons (Fsp3) is 1.00. The van der Waals surface area contributed by atoms with Crippen molar-refractivity contribution in [2.45, 2.75) is 50.8 Å². The normalized spacial score (nSPS) is 12.0. The van der Waals surface area contributed by atoms with Crippen molar-refractivity contribution < 1.29 is 0 Å². The third-order valence-electron chi connectivity index (χ3n) is 1.71. The first-order valence-electron chi connectivity index (χ1n) is 4.20. The summed E-state index contributed by atoms with van der Waals surface area (Å²) in [4.78, 5) is 0.435. The quantitative estimate of drug-likeness (QED) is 0.566. The summed E-state index contributed by atoms with van der Waals surface area (Å²) in [6.45, 7) is 4.49. The molecule has 2 heteroatoms. The second-order valence-electron chi connectivity index (χ2n) is 3.09. The number of hydrogen-bond acceptors (Lipinski definition) is 0. The van der Waals surface area contributed by atoms with Gasteiger partial charge in [0, 0.05) is 0 Å². The molecule has 0 aliphatic carbocycles. The SMILES string of the molecule is CCCCC(P)(P)CCC. The first-order chi connectivity index (χ1) is 4.62. The van der Waals surface area contributed by atoms with Gasteiger partial charge in [-0.2, -0.15) is 0 Å². The maximum atomic E-state index is 2.95. The lowest BCUT2D eigenvalue weighted by atomic mass is 10.1. The Morgan fingerprint density at radius 1 is 1.00 bits per heavy atom. The molecule has 0 rings (SSSR count). The number of rotatable bonds is 5. The van der Waals surface area contributed by atoms with Gasteiger partial charge in [-0.15, -0.1) is 18.5 Å². The lowest BCUT2D eigenvalue weighted by molar-refractivity contribution is 0.605. The first kappa shape index (κ1) is 10.9. The maximum absolute atomic E-state index is 2.95. The van der Waals surface area contributed by atoms with Crippen molar-refractivity contribution in [3.63, 3.8) is 0 Å². The maximum Gasteiger partial charge on any atom is -0.000711 e. The van der Waals surface area contributed by atoms with Crippen LogP contribution in [0.25, 0.3) is 0 Å². The average Bonchev–Trinajstić information content (AvgIpc) is 1.84. The Morgan fingerprint density at radius 2 is 1.60 bits per heavy atom. The molecule has 0 fully saturated rings. The molecular formula is C8H20P2. The van der Waals surface area contributed by atoms with Crippen LogP contribution in [-0.4, -0.2) is 4.90 Å². The Morgan fingerprint density at radius 3 is 2.00 bits per heavy atom. The Labute approximate surface area is 70.0 Å². The van der Waals surface area contributed by atoms with E-state index in [1.807, 2.05) is 0 Å². The van der Waals surface area contributed by atoms with Gasteiger partial charge >= 0.3 is 0 Å². The van der Waals surface area contributed by atoms with Crippen LogP contribution in [0.15, 0.2) is 0 Å². The van der Waals surface area contributed by atoms with Crippen molar-refractivity contribution in [1.82, 2.24) is 0 Å². The molecular weight excluding hydrogens is 158 g/mol. The Balaban J connectivity index is 3.42. The largest absolute Gasteiger partial charge is 0.127 e. The van der Waals surface area contributed by atoms with Crippen LogP contribution in [0, 0.1) is 0 Å². The van der Waals surface area contributed by atoms with Gasteiger partial charge in [0.25, 0.3) is 0 Å². The molecule has 0 aliphatic rings. The van der Waals surface area contributed by atoms with Crippen LogP contribution in [-0.2, 0) is 0 Å². The van der Waals surface area contributed by atoms with Crippen LogP contribution in [0.5, 0.6) is 0 Å². The number of hydrogen-bond donors (Lipinski definition) is 0. The molecule has 0 saturated heterocycles. The predicted octanol–water partition coefficient (Wildman–Crippen LogP) is 3.42. The van der Waals surface area contributed by atoms with Gasteiger partial charge in [0.15, 0.2) is 0 Å². The van der Waals surface area contributed by atoms with Crippen molar-refractivity contribution in [2.75, 3.05) is 0 Å². The van der Waals surface area contributed by atoms with E-state index in [2.05, 4.69) is 32.3 Å². The van der Waals surface area contributed by atoms with Crippen molar-refractivity contribution in [3.8, 4) is 0 Å². The van der Waals surface area contributed by atoms with Gasteiger partial charge in [0.2, 0.25) is 0 Å². The monoisotopic (exact) mass is 178 g/mol. The summed E-state index contributed by atoms with van der Waals surface area (Å²) in [5.74, 6) is 0. The predicted molar refractivity (Wildman–Crippen MR) is 56.6 cm³/mol. The topological polar surface area (TPSA) is 0 Å². The molecule has 10 heavy (non-hydrogen) atoms. The van der Waals surface area contributed by atoms with E-state index < -0.39 is 0 Å². The van der Waals surface area contributed by atoms with Gasteiger partial charge in [-0.1, -0.05) is 33.1 Å². The van der Waals surface area contributed by atoms with Crippen LogP contribution in [0.3, 0.4) is 0 Å². The summed E-state index contributed by atoms with van der Waals surface area (Å²) >= 11 is 0. The third kappa shape index (κ3) is 5.63. The van der Waals surface area contributed by atoms with Gasteiger partial charge in [0.05, 0.1) is 0 Å². The highest BCUT2D eigenvalue weighted by Crippen LogP contribution is 2.36. The minimum absolute atomic E-state index is 0.435. The smallest absolute Gasteiger partial charge is 0.000711 e. The molecule has 0 nitrogen and oxygen atoms in total. The highest BCUT2D eigenvalue weighted by atomic mass is 31.1. The average molecular weight is 178 g/mol. The summed E-state index contributed by atoms with van der Waals surface area (Å²) in [6.07, 6.45) is 6.59. The van der Waals surface area contributed by atoms with E-state index in [-0.39, 0.29) is 0 Å². The standard InChI is InChI=1S/C8H20P2/c1-3-5-7-8(9,10)6-4-2/h3-7,9-10H2,1-2H3. The molecule has 0 heterocycles. The van der Waals surface area contributed by atoms with Gasteiger partial charge in [-0.25, -0.2) is 0 Å². The third-order valence-corrected chi connectivity index (χ3v) is 2.87. The van der Waals surface area contributed by atoms with E-state index in [1.54, 1.807) is 0 Å². The lowest BCUT2D eigenvalue weighted by Crippen LogP contribution is -2.09. The molecule has 0 aromatic carbocycles. The van der Waals surface area contributed by atoms with Gasteiger partial charge in [-0.3, -0.25) is 0 Å². The van der Waals surface area contributed by atoms with Gasteiger partial charge < -0.3 is 0 Å². The summed E-state index contributed by atoms with van der Waals surface area (Å²) < 4.78 is 0. The second-order valence-corrected chi connectivity index (χ2v) is 6.05. The van der Waals surface area contributed by atoms with Crippen LogP contribution < -0.4 is 0 Å². The zero-order valence-electron chi connectivity index (χ0n) is 7.19. The fourth-order valence-electron chi connectivity index (χ4n) is 1.10. The minimum Gasteiger partial charge on any atom is -0.127 e. The van der Waals surface area contributed by atoms with Crippen LogP contribution in [0.1, 0.15) is 46.0 Å². The summed E-state index contributed by atoms with van der Waals surface area (Å²) in [7, 11) is 5.90. The van der Waals surface area contributed by atoms with Crippen molar-refractivity contribution in [2.24, 2.45) is 0 Å². The summed E-state index contributed by atoms with van der Waals surface area (Å²) in [5.41, 5.74) is 0. The van der Waals surface area contributed by atoms with Crippen molar-refractivity contribution in [3.05, 3.63) is 0 Å². The highest BCUT2D eigenvalue weighted by Gasteiger charge is 2.15. The molecule has 0 N–H and O–H groups in total. The highest BCUT2D eigenvalue weighted by molar-refractivity contribution is 7.39. The molecule has 0 aliphatic heterocycles. The fourth-order valence-corrected chi connectivity index (χ4v) is 2.08. The van der Waals surface area contributed by atoms with Crippen LogP contribution in [0.2, 0.25) is 0 Å². The minimum atomic E-state index is 0.435. The molecule has 0 aromatic heterocycles. The van der Waals surface area contributed by atoms with E-state index >= 15 is 0 Å². The molecule has 2 atom stereocenters. The summed E-state index contributed by atoms with van der Waals surface area (Å²) in [5, 5.41) is 0. The van der Waals surface area contributed by atoms with Crippen LogP contribution in [0.4, 0.5) is 0 Å². The zero-order valence-corrected chi connectivity index (χ0v) is 9.50. The zero-order chi connectivity index (χ0) is 8.04. The van der Waals surface area contributed by atoms with Crippen molar-refractivity contribution >= 4 is 18.5 Å². The Bertz CT molecular complexity index is 79.3. The lowest BCUT2D eigenvalue weighted by Gasteiger charge is -2.22. The molecule has 0 aromatic rings. The summed E-state index contributed by atoms with van der Waals surface area (Å²) in [6, 6.07) is 0. The second kappa shape index (κ2) is 5.50.